The second-order valence-electron chi connectivity index (χ2n) is 8.95. The van der Waals surface area contributed by atoms with Crippen molar-refractivity contribution in [2.45, 2.75) is 39.8 Å². The van der Waals surface area contributed by atoms with E-state index < -0.39 is 12.0 Å². The molecule has 11 heteroatoms. The van der Waals surface area contributed by atoms with Crippen LogP contribution in [0.3, 0.4) is 0 Å². The Morgan fingerprint density at radius 3 is 2.48 bits per heavy atom. The molecule has 0 amide bonds. The number of methoxy groups -OCH3 is 2. The zero-order chi connectivity index (χ0) is 29.0. The van der Waals surface area contributed by atoms with Gasteiger partial charge in [0.25, 0.3) is 5.56 Å². The van der Waals surface area contributed by atoms with Gasteiger partial charge in [-0.25, -0.2) is 9.79 Å². The van der Waals surface area contributed by atoms with Gasteiger partial charge in [0.1, 0.15) is 0 Å². The van der Waals surface area contributed by atoms with Crippen molar-refractivity contribution in [1.29, 1.82) is 0 Å². The Morgan fingerprint density at radius 2 is 1.82 bits per heavy atom. The highest BCUT2D eigenvalue weighted by atomic mass is 79.9. The number of aromatic nitrogens is 1. The summed E-state index contributed by atoms with van der Waals surface area (Å²) in [6.45, 7) is 8.51. The molecule has 0 aliphatic carbocycles. The van der Waals surface area contributed by atoms with Gasteiger partial charge >= 0.3 is 5.97 Å². The summed E-state index contributed by atoms with van der Waals surface area (Å²) in [4.78, 5) is 31.6. The van der Waals surface area contributed by atoms with E-state index in [0.717, 1.165) is 5.56 Å². The maximum atomic E-state index is 13.9. The van der Waals surface area contributed by atoms with Crippen LogP contribution in [-0.2, 0) is 9.53 Å². The Morgan fingerprint density at radius 1 is 1.10 bits per heavy atom. The molecule has 212 valence electrons. The monoisotopic (exact) mass is 630 g/mol. The SMILES string of the molecule is CCOc1ccc([C@H]2C(C(=O)OC)=CN=c3s/c(=C/c4cc(Br)c(OC(C)C)c(OC)c4)c(=O)n32)cc1OCC. The third kappa shape index (κ3) is 5.95. The number of thiazole rings is 1. The van der Waals surface area contributed by atoms with E-state index in [-0.39, 0.29) is 17.2 Å². The zero-order valence-electron chi connectivity index (χ0n) is 23.1. The molecule has 0 bridgehead atoms. The van der Waals surface area contributed by atoms with Gasteiger partial charge in [0.2, 0.25) is 0 Å². The van der Waals surface area contributed by atoms with Crippen molar-refractivity contribution in [3.8, 4) is 23.0 Å². The molecule has 2 heterocycles. The summed E-state index contributed by atoms with van der Waals surface area (Å²) in [6, 6.07) is 8.26. The van der Waals surface area contributed by atoms with Crippen molar-refractivity contribution in [2.75, 3.05) is 27.4 Å². The average Bonchev–Trinajstić information content (AvgIpc) is 3.24. The molecule has 1 atom stereocenters. The number of rotatable bonds is 10. The van der Waals surface area contributed by atoms with Crippen LogP contribution in [0.2, 0.25) is 0 Å². The molecule has 0 saturated carbocycles. The fourth-order valence-corrected chi connectivity index (χ4v) is 5.83. The van der Waals surface area contributed by atoms with Crippen molar-refractivity contribution >= 4 is 39.3 Å². The number of hydrogen-bond donors (Lipinski definition) is 0. The topological polar surface area (TPSA) is 97.6 Å². The first kappa shape index (κ1) is 29.4. The maximum Gasteiger partial charge on any atom is 0.337 e. The van der Waals surface area contributed by atoms with Crippen LogP contribution in [0.15, 0.2) is 56.4 Å². The summed E-state index contributed by atoms with van der Waals surface area (Å²) in [7, 11) is 2.86. The van der Waals surface area contributed by atoms with E-state index in [9.17, 15) is 9.59 Å². The fourth-order valence-electron chi connectivity index (χ4n) is 4.31. The normalized spacial score (nSPS) is 14.8. The average molecular weight is 632 g/mol. The number of ether oxygens (including phenoxy) is 5. The lowest BCUT2D eigenvalue weighted by Crippen LogP contribution is -2.39. The predicted octanol–water partition coefficient (Wildman–Crippen LogP) is 4.37. The Labute approximate surface area is 244 Å². The predicted molar refractivity (Wildman–Crippen MR) is 156 cm³/mol. The quantitative estimate of drug-likeness (QED) is 0.307. The molecule has 1 aliphatic rings. The van der Waals surface area contributed by atoms with Crippen LogP contribution in [0.4, 0.5) is 0 Å². The number of fused-ring (bicyclic) bond motifs is 1. The molecule has 1 aliphatic heterocycles. The first-order valence-electron chi connectivity index (χ1n) is 12.7. The summed E-state index contributed by atoms with van der Waals surface area (Å²) in [5.74, 6) is 1.63. The van der Waals surface area contributed by atoms with Crippen molar-refractivity contribution < 1.29 is 28.5 Å². The lowest BCUT2D eigenvalue weighted by Gasteiger charge is -2.23. The molecular weight excluding hydrogens is 600 g/mol. The molecule has 0 spiro atoms. The Hall–Kier alpha value is -3.57. The van der Waals surface area contributed by atoms with E-state index in [2.05, 4.69) is 20.9 Å². The second-order valence-corrected chi connectivity index (χ2v) is 10.8. The van der Waals surface area contributed by atoms with Crippen LogP contribution in [0.5, 0.6) is 23.0 Å². The van der Waals surface area contributed by atoms with E-state index in [1.807, 2.05) is 39.8 Å². The highest BCUT2D eigenvalue weighted by Gasteiger charge is 2.31. The minimum absolute atomic E-state index is 0.0467. The minimum atomic E-state index is -0.774. The molecule has 0 N–H and O–H groups in total. The number of nitrogens with zero attached hydrogens (tertiary/aromatic N) is 2. The molecule has 40 heavy (non-hydrogen) atoms. The van der Waals surface area contributed by atoms with Gasteiger partial charge in [0.15, 0.2) is 27.8 Å². The molecule has 0 unspecified atom stereocenters. The van der Waals surface area contributed by atoms with E-state index in [0.29, 0.717) is 55.6 Å². The maximum absolute atomic E-state index is 13.9. The highest BCUT2D eigenvalue weighted by Crippen LogP contribution is 2.38. The van der Waals surface area contributed by atoms with E-state index in [1.54, 1.807) is 31.4 Å². The van der Waals surface area contributed by atoms with Gasteiger partial charge in [-0.05, 0) is 85.1 Å². The molecule has 2 aromatic carbocycles. The van der Waals surface area contributed by atoms with Crippen molar-refractivity contribution in [3.63, 3.8) is 0 Å². The fraction of sp³-hybridized carbons (Fsp3) is 0.345. The van der Waals surface area contributed by atoms with Gasteiger partial charge < -0.3 is 23.7 Å². The van der Waals surface area contributed by atoms with Gasteiger partial charge in [0.05, 0.1) is 54.2 Å². The standard InChI is InChI=1S/C29H31BrN2O7S/c1-7-37-21-10-9-18(14-22(21)38-8-2)25-19(28(34)36-6)15-31-29-32(25)27(33)24(40-29)13-17-11-20(30)26(39-16(3)4)23(12-17)35-5/h9-16,25H,7-8H2,1-6H3/b24-13+/t25-/m0/s1. The van der Waals surface area contributed by atoms with Crippen LogP contribution >= 0.6 is 27.3 Å². The molecule has 0 radical (unpaired) electrons. The summed E-state index contributed by atoms with van der Waals surface area (Å²) in [5, 5.41) is 0. The summed E-state index contributed by atoms with van der Waals surface area (Å²) in [6.07, 6.45) is 3.17. The van der Waals surface area contributed by atoms with Crippen molar-refractivity contribution in [1.82, 2.24) is 4.57 Å². The number of carbonyl (C=O) groups excluding carboxylic acids is 1. The number of benzene rings is 2. The summed E-state index contributed by atoms with van der Waals surface area (Å²) < 4.78 is 30.6. The van der Waals surface area contributed by atoms with Gasteiger partial charge in [-0.15, -0.1) is 0 Å². The van der Waals surface area contributed by atoms with Crippen molar-refractivity contribution in [2.24, 2.45) is 4.99 Å². The van der Waals surface area contributed by atoms with Gasteiger partial charge in [-0.2, -0.15) is 0 Å². The first-order chi connectivity index (χ1) is 19.2. The van der Waals surface area contributed by atoms with Crippen LogP contribution in [0.25, 0.3) is 6.08 Å². The highest BCUT2D eigenvalue weighted by molar-refractivity contribution is 9.10. The molecule has 9 nitrogen and oxygen atoms in total. The number of carbonyl (C=O) groups is 1. The third-order valence-corrected chi connectivity index (χ3v) is 7.50. The van der Waals surface area contributed by atoms with Gasteiger partial charge in [-0.1, -0.05) is 17.4 Å². The largest absolute Gasteiger partial charge is 0.493 e. The van der Waals surface area contributed by atoms with Crippen LogP contribution in [-0.4, -0.2) is 44.1 Å². The Kier molecular flexibility index (Phi) is 9.36. The molecule has 0 saturated heterocycles. The summed E-state index contributed by atoms with van der Waals surface area (Å²) in [5.41, 5.74) is 1.32. The smallest absolute Gasteiger partial charge is 0.337 e. The lowest BCUT2D eigenvalue weighted by molar-refractivity contribution is -0.136. The molecule has 0 fully saturated rings. The van der Waals surface area contributed by atoms with Crippen molar-refractivity contribution in [3.05, 3.63) is 77.4 Å². The minimum Gasteiger partial charge on any atom is -0.493 e. The van der Waals surface area contributed by atoms with E-state index >= 15 is 0 Å². The Bertz CT molecular complexity index is 1620. The summed E-state index contributed by atoms with van der Waals surface area (Å²) >= 11 is 4.78. The van der Waals surface area contributed by atoms with Gasteiger partial charge in [-0.3, -0.25) is 9.36 Å². The lowest BCUT2D eigenvalue weighted by atomic mass is 9.97. The number of halogens is 1. The Balaban J connectivity index is 1.88. The zero-order valence-corrected chi connectivity index (χ0v) is 25.6. The number of hydrogen-bond acceptors (Lipinski definition) is 9. The molecule has 3 aromatic rings. The second kappa shape index (κ2) is 12.7. The number of esters is 1. The molecular formula is C29H31BrN2O7S. The van der Waals surface area contributed by atoms with Crippen LogP contribution < -0.4 is 33.8 Å². The molecule has 4 rings (SSSR count). The van der Waals surface area contributed by atoms with E-state index in [1.165, 1.54) is 29.2 Å². The molecule has 1 aromatic heterocycles. The van der Waals surface area contributed by atoms with Crippen LogP contribution in [0, 0.1) is 0 Å². The van der Waals surface area contributed by atoms with Crippen LogP contribution in [0.1, 0.15) is 44.9 Å². The van der Waals surface area contributed by atoms with Gasteiger partial charge in [0, 0.05) is 6.20 Å². The first-order valence-corrected chi connectivity index (χ1v) is 14.4. The third-order valence-electron chi connectivity index (χ3n) is 5.91. The van der Waals surface area contributed by atoms with E-state index in [4.69, 9.17) is 23.7 Å².